The Morgan fingerprint density at radius 3 is 2.43 bits per heavy atom. The highest BCUT2D eigenvalue weighted by atomic mass is 32.2. The second-order valence-corrected chi connectivity index (χ2v) is 8.87. The van der Waals surface area contributed by atoms with Crippen molar-refractivity contribution in [1.82, 2.24) is 10.2 Å². The van der Waals surface area contributed by atoms with E-state index in [1.54, 1.807) is 24.3 Å². The summed E-state index contributed by atoms with van der Waals surface area (Å²) in [7, 11) is 0. The Balaban J connectivity index is 1.47. The molecule has 5 nitrogen and oxygen atoms in total. The van der Waals surface area contributed by atoms with Crippen molar-refractivity contribution >= 4 is 57.3 Å². The zero-order valence-electron chi connectivity index (χ0n) is 14.7. The highest BCUT2D eigenvalue weighted by Crippen LogP contribution is 2.28. The summed E-state index contributed by atoms with van der Waals surface area (Å²) in [5, 5.41) is 14.7. The van der Waals surface area contributed by atoms with Crippen LogP contribution in [0.15, 0.2) is 57.8 Å². The number of hydrogen-bond donors (Lipinski definition) is 2. The average Bonchev–Trinajstić information content (AvgIpc) is 3.11. The van der Waals surface area contributed by atoms with Crippen LogP contribution >= 0.6 is 34.9 Å². The molecule has 28 heavy (non-hydrogen) atoms. The number of aryl methyl sites for hydroxylation is 1. The molecule has 10 heteroatoms. The van der Waals surface area contributed by atoms with Gasteiger partial charge in [-0.25, -0.2) is 0 Å². The first kappa shape index (κ1) is 20.6. The topological polar surface area (TPSA) is 66.9 Å². The molecule has 0 bridgehead atoms. The number of hydrogen-bond acceptors (Lipinski definition) is 7. The van der Waals surface area contributed by atoms with Crippen molar-refractivity contribution in [2.24, 2.45) is 0 Å². The van der Waals surface area contributed by atoms with E-state index >= 15 is 0 Å². The van der Waals surface area contributed by atoms with E-state index in [-0.39, 0.29) is 11.7 Å². The minimum atomic E-state index is -2.46. The van der Waals surface area contributed by atoms with Crippen LogP contribution < -0.4 is 10.6 Å². The molecule has 3 aromatic rings. The van der Waals surface area contributed by atoms with Crippen LogP contribution in [0.1, 0.15) is 5.56 Å². The Morgan fingerprint density at radius 2 is 1.75 bits per heavy atom. The monoisotopic (exact) mass is 438 g/mol. The van der Waals surface area contributed by atoms with Gasteiger partial charge in [0, 0.05) is 16.3 Å². The molecule has 3 rings (SSSR count). The van der Waals surface area contributed by atoms with Crippen LogP contribution in [0.4, 0.5) is 25.3 Å². The summed E-state index contributed by atoms with van der Waals surface area (Å²) < 4.78 is 25.3. The Hall–Kier alpha value is -2.17. The first-order valence-electron chi connectivity index (χ1n) is 8.12. The maximum atomic E-state index is 12.3. The van der Waals surface area contributed by atoms with Crippen LogP contribution in [0.5, 0.6) is 0 Å². The van der Waals surface area contributed by atoms with Gasteiger partial charge < -0.3 is 10.6 Å². The van der Waals surface area contributed by atoms with Crippen molar-refractivity contribution in [3.8, 4) is 0 Å². The third kappa shape index (κ3) is 6.47. The molecule has 0 unspecified atom stereocenters. The van der Waals surface area contributed by atoms with Crippen LogP contribution in [0.25, 0.3) is 0 Å². The van der Waals surface area contributed by atoms with E-state index in [9.17, 15) is 13.6 Å². The highest BCUT2D eigenvalue weighted by Gasteiger charge is 2.10. The number of benzene rings is 2. The zero-order chi connectivity index (χ0) is 19.9. The quantitative estimate of drug-likeness (QED) is 0.444. The molecule has 1 aromatic heterocycles. The lowest BCUT2D eigenvalue weighted by molar-refractivity contribution is -0.113. The van der Waals surface area contributed by atoms with E-state index in [4.69, 9.17) is 0 Å². The molecule has 0 spiro atoms. The van der Waals surface area contributed by atoms with E-state index in [1.807, 2.05) is 31.2 Å². The summed E-state index contributed by atoms with van der Waals surface area (Å²) in [5.41, 5.74) is 2.65. The van der Waals surface area contributed by atoms with Gasteiger partial charge in [-0.05, 0) is 43.3 Å². The first-order valence-corrected chi connectivity index (χ1v) is 10.8. The van der Waals surface area contributed by atoms with Crippen molar-refractivity contribution in [3.05, 3.63) is 54.1 Å². The zero-order valence-corrected chi connectivity index (χ0v) is 17.1. The molecule has 0 aliphatic heterocycles. The lowest BCUT2D eigenvalue weighted by Crippen LogP contribution is -2.13. The predicted molar refractivity (Wildman–Crippen MR) is 112 cm³/mol. The van der Waals surface area contributed by atoms with Crippen molar-refractivity contribution in [3.63, 3.8) is 0 Å². The molecular weight excluding hydrogens is 422 g/mol. The molecular formula is C18H16F2N4OS3. The van der Waals surface area contributed by atoms with Gasteiger partial charge in [0.1, 0.15) is 0 Å². The molecule has 146 valence electrons. The van der Waals surface area contributed by atoms with Crippen LogP contribution in [0.2, 0.25) is 0 Å². The fraction of sp³-hybridized carbons (Fsp3) is 0.167. The summed E-state index contributed by atoms with van der Waals surface area (Å²) in [6.45, 7) is 2.02. The number of carbonyl (C=O) groups is 1. The second-order valence-electron chi connectivity index (χ2n) is 5.60. The van der Waals surface area contributed by atoms with Gasteiger partial charge in [-0.2, -0.15) is 8.78 Å². The molecule has 0 saturated carbocycles. The number of rotatable bonds is 8. The summed E-state index contributed by atoms with van der Waals surface area (Å²) in [5.74, 6) is -2.50. The molecule has 0 radical (unpaired) electrons. The minimum absolute atomic E-state index is 0.173. The maximum Gasteiger partial charge on any atom is 0.288 e. The Kier molecular flexibility index (Phi) is 7.24. The van der Waals surface area contributed by atoms with Crippen molar-refractivity contribution in [2.45, 2.75) is 21.9 Å². The number of nitrogens with zero attached hydrogens (tertiary/aromatic N) is 2. The minimum Gasteiger partial charge on any atom is -0.330 e. The lowest BCUT2D eigenvalue weighted by atomic mass is 10.2. The van der Waals surface area contributed by atoms with Gasteiger partial charge >= 0.3 is 0 Å². The van der Waals surface area contributed by atoms with Gasteiger partial charge in [0.05, 0.1) is 5.75 Å². The van der Waals surface area contributed by atoms with E-state index in [0.717, 1.165) is 5.69 Å². The molecule has 0 saturated heterocycles. The maximum absolute atomic E-state index is 12.3. The van der Waals surface area contributed by atoms with Gasteiger partial charge in [0.2, 0.25) is 11.0 Å². The number of anilines is 3. The number of thioether (sulfide) groups is 2. The van der Waals surface area contributed by atoms with Crippen LogP contribution in [-0.4, -0.2) is 27.6 Å². The number of halogens is 2. The standard InChI is InChI=1S/C18H16F2N4OS3/c1-11-2-4-13(5-3-11)22-17-23-24-18(28-17)26-10-15(25)21-12-6-8-14(9-7-12)27-16(19)20/h2-9,16H,10H2,1H3,(H,21,25)(H,22,23). The molecule has 2 N–H and O–H groups in total. The molecule has 0 aliphatic carbocycles. The van der Waals surface area contributed by atoms with Gasteiger partial charge in [0.25, 0.3) is 5.76 Å². The van der Waals surface area contributed by atoms with E-state index in [0.29, 0.717) is 31.8 Å². The Morgan fingerprint density at radius 1 is 1.07 bits per heavy atom. The molecule has 0 aliphatic rings. The van der Waals surface area contributed by atoms with Crippen LogP contribution in [0, 0.1) is 6.92 Å². The molecule has 1 heterocycles. The number of alkyl halides is 2. The average molecular weight is 439 g/mol. The van der Waals surface area contributed by atoms with Crippen molar-refractivity contribution in [1.29, 1.82) is 0 Å². The second kappa shape index (κ2) is 9.85. The Labute approximate surface area is 173 Å². The van der Waals surface area contributed by atoms with Gasteiger partial charge in [-0.3, -0.25) is 4.79 Å². The van der Waals surface area contributed by atoms with E-state index in [2.05, 4.69) is 20.8 Å². The van der Waals surface area contributed by atoms with Gasteiger partial charge in [-0.1, -0.05) is 52.6 Å². The number of nitrogens with one attached hydrogen (secondary N) is 2. The molecule has 1 amide bonds. The predicted octanol–water partition coefficient (Wildman–Crippen LogP) is 5.64. The van der Waals surface area contributed by atoms with Crippen LogP contribution in [-0.2, 0) is 4.79 Å². The smallest absolute Gasteiger partial charge is 0.288 e. The third-order valence-electron chi connectivity index (χ3n) is 3.40. The number of amides is 1. The summed E-state index contributed by atoms with van der Waals surface area (Å²) in [6, 6.07) is 14.2. The lowest BCUT2D eigenvalue weighted by Gasteiger charge is -2.05. The van der Waals surface area contributed by atoms with Crippen molar-refractivity contribution in [2.75, 3.05) is 16.4 Å². The molecule has 0 fully saturated rings. The normalized spacial score (nSPS) is 10.9. The van der Waals surface area contributed by atoms with E-state index in [1.165, 1.54) is 28.7 Å². The molecule has 0 atom stereocenters. The van der Waals surface area contributed by atoms with Crippen molar-refractivity contribution < 1.29 is 13.6 Å². The summed E-state index contributed by atoms with van der Waals surface area (Å²) in [4.78, 5) is 12.5. The summed E-state index contributed by atoms with van der Waals surface area (Å²) >= 11 is 3.11. The number of aromatic nitrogens is 2. The number of carbonyl (C=O) groups excluding carboxylic acids is 1. The third-order valence-corrected chi connectivity index (χ3v) is 6.09. The highest BCUT2D eigenvalue weighted by molar-refractivity contribution is 8.01. The molecule has 2 aromatic carbocycles. The van der Waals surface area contributed by atoms with Crippen LogP contribution in [0.3, 0.4) is 0 Å². The van der Waals surface area contributed by atoms with Gasteiger partial charge in [0.15, 0.2) is 4.34 Å². The SMILES string of the molecule is Cc1ccc(Nc2nnc(SCC(=O)Nc3ccc(SC(F)F)cc3)s2)cc1. The largest absolute Gasteiger partial charge is 0.330 e. The van der Waals surface area contributed by atoms with Gasteiger partial charge in [-0.15, -0.1) is 10.2 Å². The fourth-order valence-corrected chi connectivity index (χ4v) is 4.19. The fourth-order valence-electron chi connectivity index (χ4n) is 2.12. The Bertz CT molecular complexity index is 917. The van der Waals surface area contributed by atoms with E-state index < -0.39 is 5.76 Å². The summed E-state index contributed by atoms with van der Waals surface area (Å²) in [6.07, 6.45) is 0. The first-order chi connectivity index (χ1) is 13.5.